The molecule has 7 atom stereocenters. The Morgan fingerprint density at radius 2 is 1.82 bits per heavy atom. The van der Waals surface area contributed by atoms with Gasteiger partial charge in [-0.25, -0.2) is 4.79 Å². The molecule has 3 aliphatic carbocycles. The zero-order valence-corrected chi connectivity index (χ0v) is 29.1. The maximum Gasteiger partial charge on any atom is 0.338 e. The molecule has 2 aromatic carbocycles. The van der Waals surface area contributed by atoms with Gasteiger partial charge < -0.3 is 34.7 Å². The second-order valence-corrected chi connectivity index (χ2v) is 15.3. The van der Waals surface area contributed by atoms with Crippen LogP contribution < -0.4 is 10.6 Å². The zero-order chi connectivity index (χ0) is 35.0. The molecule has 2 heterocycles. The number of ether oxygens (including phenoxy) is 4. The number of carbonyl (C=O) groups excluding carboxylic acids is 3. The van der Waals surface area contributed by atoms with Gasteiger partial charge in [-0.3, -0.25) is 9.59 Å². The maximum atomic E-state index is 13.4. The van der Waals surface area contributed by atoms with Crippen LogP contribution in [0.1, 0.15) is 91.1 Å². The van der Waals surface area contributed by atoms with Gasteiger partial charge >= 0.3 is 5.97 Å². The van der Waals surface area contributed by atoms with E-state index in [1.54, 1.807) is 36.4 Å². The Morgan fingerprint density at radius 1 is 1.00 bits per heavy atom. The van der Waals surface area contributed by atoms with E-state index in [9.17, 15) is 14.4 Å². The molecule has 0 aromatic heterocycles. The Bertz CT molecular complexity index is 1680. The van der Waals surface area contributed by atoms with E-state index < -0.39 is 24.3 Å². The summed E-state index contributed by atoms with van der Waals surface area (Å²) in [5.74, 6) is 0.164. The number of aliphatic hydroxyl groups is 1. The second-order valence-electron chi connectivity index (χ2n) is 15.3. The van der Waals surface area contributed by atoms with Crippen molar-refractivity contribution in [2.75, 3.05) is 19.9 Å². The van der Waals surface area contributed by atoms with E-state index in [4.69, 9.17) is 24.1 Å². The first kappa shape index (κ1) is 34.6. The van der Waals surface area contributed by atoms with Crippen molar-refractivity contribution in [3.8, 4) is 0 Å². The minimum Gasteiger partial charge on any atom is -0.456 e. The molecule has 4 fully saturated rings. The van der Waals surface area contributed by atoms with Gasteiger partial charge in [-0.2, -0.15) is 0 Å². The van der Waals surface area contributed by atoms with E-state index in [-0.39, 0.29) is 50.3 Å². The fraction of sp³-hybridized carbons (Fsp3) is 0.525. The normalized spacial score (nSPS) is 31.7. The molecule has 0 spiro atoms. The maximum absolute atomic E-state index is 13.4. The number of benzene rings is 2. The van der Waals surface area contributed by atoms with Crippen molar-refractivity contribution >= 4 is 23.9 Å². The number of hydrogen-bond acceptors (Lipinski definition) is 8. The van der Waals surface area contributed by atoms with Crippen LogP contribution in [-0.2, 0) is 30.3 Å². The molecule has 2 saturated carbocycles. The summed E-state index contributed by atoms with van der Waals surface area (Å²) in [5.41, 5.74) is 5.02. The van der Waals surface area contributed by atoms with Crippen LogP contribution in [-0.4, -0.2) is 72.9 Å². The fourth-order valence-corrected chi connectivity index (χ4v) is 8.45. The van der Waals surface area contributed by atoms with E-state index in [2.05, 4.69) is 37.5 Å². The third kappa shape index (κ3) is 7.30. The van der Waals surface area contributed by atoms with Crippen LogP contribution in [0.15, 0.2) is 65.8 Å². The molecule has 10 nitrogen and oxygen atoms in total. The molecule has 2 amide bonds. The van der Waals surface area contributed by atoms with Crippen molar-refractivity contribution in [3.63, 3.8) is 0 Å². The number of amides is 2. The minimum atomic E-state index is -0.700. The Morgan fingerprint density at radius 3 is 2.60 bits per heavy atom. The highest BCUT2D eigenvalue weighted by Crippen LogP contribution is 2.59. The van der Waals surface area contributed by atoms with Gasteiger partial charge in [0.15, 0.2) is 0 Å². The van der Waals surface area contributed by atoms with Gasteiger partial charge in [0.25, 0.3) is 5.91 Å². The fourth-order valence-electron chi connectivity index (χ4n) is 8.45. The smallest absolute Gasteiger partial charge is 0.338 e. The molecule has 5 aliphatic rings. The Kier molecular flexibility index (Phi) is 9.73. The lowest BCUT2D eigenvalue weighted by molar-refractivity contribution is -0.118. The molecule has 10 heteroatoms. The first-order valence-corrected chi connectivity index (χ1v) is 17.9. The average Bonchev–Trinajstić information content (AvgIpc) is 3.48. The number of fused-ring (bicyclic) bond motifs is 3. The number of rotatable bonds is 9. The van der Waals surface area contributed by atoms with Crippen LogP contribution in [0.5, 0.6) is 0 Å². The van der Waals surface area contributed by atoms with Crippen LogP contribution in [0, 0.1) is 17.3 Å². The van der Waals surface area contributed by atoms with Gasteiger partial charge in [0.2, 0.25) is 5.91 Å². The van der Waals surface area contributed by atoms with E-state index in [1.165, 1.54) is 18.4 Å². The van der Waals surface area contributed by atoms with Crippen molar-refractivity contribution in [2.24, 2.45) is 17.3 Å². The third-order valence-corrected chi connectivity index (χ3v) is 11.5. The number of aliphatic hydroxyl groups excluding tert-OH is 1. The van der Waals surface area contributed by atoms with Crippen LogP contribution in [0.3, 0.4) is 0 Å². The molecule has 2 aliphatic heterocycles. The van der Waals surface area contributed by atoms with Crippen LogP contribution >= 0.6 is 0 Å². The molecule has 3 N–H and O–H groups in total. The first-order chi connectivity index (χ1) is 24.0. The molecule has 2 saturated heterocycles. The van der Waals surface area contributed by atoms with Gasteiger partial charge in [-0.15, -0.1) is 0 Å². The van der Waals surface area contributed by atoms with Crippen molar-refractivity contribution in [1.29, 1.82) is 0 Å². The number of esters is 1. The Labute approximate surface area is 293 Å². The van der Waals surface area contributed by atoms with E-state index in [0.29, 0.717) is 40.1 Å². The van der Waals surface area contributed by atoms with Crippen LogP contribution in [0.25, 0.3) is 6.08 Å². The summed E-state index contributed by atoms with van der Waals surface area (Å²) in [7, 11) is 0. The largest absolute Gasteiger partial charge is 0.456 e. The van der Waals surface area contributed by atoms with E-state index in [1.807, 2.05) is 18.2 Å². The predicted octanol–water partition coefficient (Wildman–Crippen LogP) is 5.10. The van der Waals surface area contributed by atoms with Crippen LogP contribution in [0.4, 0.5) is 0 Å². The highest BCUT2D eigenvalue weighted by atomic mass is 16.7. The summed E-state index contributed by atoms with van der Waals surface area (Å²) >= 11 is 0. The Balaban J connectivity index is 0.980. The summed E-state index contributed by atoms with van der Waals surface area (Å²) in [6.45, 7) is 7.31. The summed E-state index contributed by atoms with van der Waals surface area (Å²) in [4.78, 5) is 38.9. The van der Waals surface area contributed by atoms with Gasteiger partial charge in [0.1, 0.15) is 25.1 Å². The summed E-state index contributed by atoms with van der Waals surface area (Å²) in [6.07, 6.45) is 8.50. The quantitative estimate of drug-likeness (QED) is 0.245. The minimum absolute atomic E-state index is 0.0500. The number of epoxide rings is 1. The first-order valence-electron chi connectivity index (χ1n) is 17.9. The number of carbonyl (C=O) groups is 3. The standard InChI is InChI=1S/C40H48N2O8/c1-39(2)21-30-27(11-12-34-40(3,50-34)14-13-31(30)39)17-24-7-9-26(10-8-24)38(46)49-33-20-29(19-32-35(33)48-23-47-32)37(45)42-22-25-5-4-6-28(18-25)36(44)41-15-16-43/h4-10,17-19,30-35,43H,11-16,20-23H2,1-3H3,(H,41,44)(H,42,45)/t30-,31-,32-,33-,34?,35-,40-/m1/s1. The molecule has 7 rings (SSSR count). The summed E-state index contributed by atoms with van der Waals surface area (Å²) in [5, 5.41) is 14.5. The van der Waals surface area contributed by atoms with Crippen molar-refractivity contribution < 1.29 is 38.4 Å². The SMILES string of the molecule is CC1(C)C[C@@H]2C(=Cc3ccc(C(=O)O[C@@H]4CC(C(=O)NCc5cccc(C(=O)NCCO)c5)=C[C@H]5OCO[C@H]54)cc3)CCC3O[C@]3(C)CC[C@H]21. The number of hydrogen-bond donors (Lipinski definition) is 3. The molecule has 266 valence electrons. The van der Waals surface area contributed by atoms with Crippen molar-refractivity contribution in [1.82, 2.24) is 10.6 Å². The third-order valence-electron chi connectivity index (χ3n) is 11.5. The monoisotopic (exact) mass is 684 g/mol. The van der Waals surface area contributed by atoms with Gasteiger partial charge in [0.05, 0.1) is 23.9 Å². The molecule has 2 aromatic rings. The van der Waals surface area contributed by atoms with Crippen molar-refractivity contribution in [2.45, 2.75) is 95.9 Å². The van der Waals surface area contributed by atoms with Gasteiger partial charge in [-0.05, 0) is 97.7 Å². The van der Waals surface area contributed by atoms with Crippen molar-refractivity contribution in [3.05, 3.63) is 88.0 Å². The molecular weight excluding hydrogens is 636 g/mol. The van der Waals surface area contributed by atoms with Gasteiger partial charge in [0, 0.05) is 30.6 Å². The Hall–Kier alpha value is -3.83. The molecule has 0 radical (unpaired) electrons. The second kappa shape index (κ2) is 14.1. The molecular formula is C40H48N2O8. The molecule has 1 unspecified atom stereocenters. The lowest BCUT2D eigenvalue weighted by Gasteiger charge is -2.53. The molecule has 50 heavy (non-hydrogen) atoms. The topological polar surface area (TPSA) is 136 Å². The van der Waals surface area contributed by atoms with E-state index in [0.717, 1.165) is 30.4 Å². The van der Waals surface area contributed by atoms with Crippen LogP contribution in [0.2, 0.25) is 0 Å². The lowest BCUT2D eigenvalue weighted by Crippen LogP contribution is -2.45. The van der Waals surface area contributed by atoms with Gasteiger partial charge in [-0.1, -0.05) is 49.8 Å². The number of nitrogens with one attached hydrogen (secondary N) is 2. The van der Waals surface area contributed by atoms with E-state index >= 15 is 0 Å². The highest BCUT2D eigenvalue weighted by Gasteiger charge is 2.56. The lowest BCUT2D eigenvalue weighted by atomic mass is 9.52. The summed E-state index contributed by atoms with van der Waals surface area (Å²) < 4.78 is 23.6. The zero-order valence-electron chi connectivity index (χ0n) is 29.1. The highest BCUT2D eigenvalue weighted by molar-refractivity contribution is 5.95. The number of allylic oxidation sites excluding steroid dienone is 1. The molecule has 0 bridgehead atoms. The average molecular weight is 685 g/mol. The summed E-state index contributed by atoms with van der Waals surface area (Å²) in [6, 6.07) is 14.5. The predicted molar refractivity (Wildman–Crippen MR) is 186 cm³/mol.